The number of anilines is 1. The normalized spacial score (nSPS) is 19.9. The summed E-state index contributed by atoms with van der Waals surface area (Å²) >= 11 is 0. The van der Waals surface area contributed by atoms with E-state index in [2.05, 4.69) is 17.9 Å². The third-order valence-electron chi connectivity index (χ3n) is 3.63. The molecule has 17 heavy (non-hydrogen) atoms. The number of rotatable bonds is 4. The van der Waals surface area contributed by atoms with E-state index < -0.39 is 0 Å². The largest absolute Gasteiger partial charge is 0.508 e. The van der Waals surface area contributed by atoms with Crippen LogP contribution < -0.4 is 4.90 Å². The van der Waals surface area contributed by atoms with E-state index in [1.54, 1.807) is 6.07 Å². The molecule has 1 aromatic rings. The van der Waals surface area contributed by atoms with Crippen LogP contribution in [-0.2, 0) is 6.42 Å². The van der Waals surface area contributed by atoms with Gasteiger partial charge in [0.2, 0.25) is 0 Å². The third-order valence-corrected chi connectivity index (χ3v) is 3.63. The van der Waals surface area contributed by atoms with Crippen molar-refractivity contribution in [3.63, 3.8) is 0 Å². The van der Waals surface area contributed by atoms with Crippen molar-refractivity contribution < 1.29 is 10.2 Å². The first kappa shape index (κ1) is 12.2. The summed E-state index contributed by atoms with van der Waals surface area (Å²) in [5.41, 5.74) is 2.17. The number of phenolic OH excluding ortho intramolecular Hbond substituents is 1. The van der Waals surface area contributed by atoms with Crippen LogP contribution in [0.3, 0.4) is 0 Å². The van der Waals surface area contributed by atoms with Gasteiger partial charge in [-0.1, -0.05) is 13.0 Å². The van der Waals surface area contributed by atoms with Gasteiger partial charge in [-0.15, -0.1) is 0 Å². The summed E-state index contributed by atoms with van der Waals surface area (Å²) < 4.78 is 0. The number of benzene rings is 1. The molecule has 3 heteroatoms. The highest BCUT2D eigenvalue weighted by atomic mass is 16.3. The maximum Gasteiger partial charge on any atom is 0.120 e. The van der Waals surface area contributed by atoms with Crippen molar-refractivity contribution in [2.24, 2.45) is 0 Å². The Kier molecular flexibility index (Phi) is 3.89. The molecule has 0 aromatic heterocycles. The highest BCUT2D eigenvalue weighted by molar-refractivity contribution is 5.60. The summed E-state index contributed by atoms with van der Waals surface area (Å²) in [6.07, 6.45) is 3.96. The van der Waals surface area contributed by atoms with Crippen LogP contribution in [0.1, 0.15) is 31.7 Å². The van der Waals surface area contributed by atoms with Gasteiger partial charge in [0.25, 0.3) is 0 Å². The average molecular weight is 235 g/mol. The zero-order chi connectivity index (χ0) is 12.3. The topological polar surface area (TPSA) is 43.7 Å². The van der Waals surface area contributed by atoms with Crippen LogP contribution >= 0.6 is 0 Å². The number of aliphatic hydroxyl groups excluding tert-OH is 1. The molecule has 1 aromatic carbocycles. The number of nitrogens with zero attached hydrogens (tertiary/aromatic N) is 1. The van der Waals surface area contributed by atoms with Crippen LogP contribution in [0.4, 0.5) is 5.69 Å². The third kappa shape index (κ3) is 2.39. The molecule has 1 aliphatic heterocycles. The van der Waals surface area contributed by atoms with Gasteiger partial charge in [-0.3, -0.25) is 0 Å². The van der Waals surface area contributed by atoms with E-state index in [0.717, 1.165) is 37.1 Å². The molecule has 1 aliphatic rings. The summed E-state index contributed by atoms with van der Waals surface area (Å²) in [6, 6.07) is 6.15. The smallest absolute Gasteiger partial charge is 0.120 e. The van der Waals surface area contributed by atoms with E-state index in [1.165, 1.54) is 6.42 Å². The molecular weight excluding hydrogens is 214 g/mol. The van der Waals surface area contributed by atoms with Crippen molar-refractivity contribution in [3.05, 3.63) is 23.8 Å². The predicted molar refractivity (Wildman–Crippen MR) is 69.6 cm³/mol. The molecule has 1 fully saturated rings. The highest BCUT2D eigenvalue weighted by Gasteiger charge is 2.26. The molecule has 2 rings (SSSR count). The van der Waals surface area contributed by atoms with Gasteiger partial charge in [-0.2, -0.15) is 0 Å². The van der Waals surface area contributed by atoms with Crippen molar-refractivity contribution in [1.82, 2.24) is 0 Å². The Morgan fingerprint density at radius 3 is 2.94 bits per heavy atom. The van der Waals surface area contributed by atoms with Crippen molar-refractivity contribution in [3.8, 4) is 5.75 Å². The summed E-state index contributed by atoms with van der Waals surface area (Å²) in [5.74, 6) is 0.389. The molecule has 0 bridgehead atoms. The molecule has 94 valence electrons. The van der Waals surface area contributed by atoms with E-state index in [0.29, 0.717) is 11.8 Å². The molecule has 1 saturated heterocycles. The molecule has 0 saturated carbocycles. The van der Waals surface area contributed by atoms with Crippen LogP contribution in [0, 0.1) is 0 Å². The Morgan fingerprint density at radius 2 is 2.24 bits per heavy atom. The summed E-state index contributed by atoms with van der Waals surface area (Å²) in [5, 5.41) is 19.0. The van der Waals surface area contributed by atoms with Crippen LogP contribution in [0.5, 0.6) is 5.75 Å². The molecule has 1 unspecified atom stereocenters. The quantitative estimate of drug-likeness (QED) is 0.841. The van der Waals surface area contributed by atoms with Gasteiger partial charge in [0.15, 0.2) is 0 Å². The molecule has 0 amide bonds. The minimum absolute atomic E-state index is 0.238. The van der Waals surface area contributed by atoms with Crippen LogP contribution in [0.25, 0.3) is 0 Å². The summed E-state index contributed by atoms with van der Waals surface area (Å²) in [7, 11) is 0. The molecule has 1 atom stereocenters. The first-order chi connectivity index (χ1) is 8.27. The minimum Gasteiger partial charge on any atom is -0.508 e. The fourth-order valence-electron chi connectivity index (χ4n) is 2.80. The number of aromatic hydroxyl groups is 1. The first-order valence-electron chi connectivity index (χ1n) is 6.46. The number of hydrogen-bond acceptors (Lipinski definition) is 3. The fraction of sp³-hybridized carbons (Fsp3) is 0.571. The Hall–Kier alpha value is -1.22. The van der Waals surface area contributed by atoms with Crippen LogP contribution in [0.2, 0.25) is 0 Å². The van der Waals surface area contributed by atoms with E-state index >= 15 is 0 Å². The van der Waals surface area contributed by atoms with Gasteiger partial charge < -0.3 is 15.1 Å². The molecule has 3 nitrogen and oxygen atoms in total. The van der Waals surface area contributed by atoms with Crippen molar-refractivity contribution in [2.45, 2.75) is 38.6 Å². The van der Waals surface area contributed by atoms with Gasteiger partial charge in [0.05, 0.1) is 0 Å². The lowest BCUT2D eigenvalue weighted by atomic mass is 10.1. The fourth-order valence-corrected chi connectivity index (χ4v) is 2.80. The summed E-state index contributed by atoms with van der Waals surface area (Å²) in [4.78, 5) is 2.34. The summed E-state index contributed by atoms with van der Waals surface area (Å²) in [6.45, 7) is 3.33. The van der Waals surface area contributed by atoms with E-state index in [1.807, 2.05) is 6.07 Å². The maximum absolute atomic E-state index is 9.89. The SMILES string of the molecule is CCc1c(O)cccc1N1CCCC1CCO. The van der Waals surface area contributed by atoms with Crippen molar-refractivity contribution >= 4 is 5.69 Å². The Labute approximate surface area is 103 Å². The van der Waals surface area contributed by atoms with Gasteiger partial charge >= 0.3 is 0 Å². The van der Waals surface area contributed by atoms with Crippen molar-refractivity contribution in [1.29, 1.82) is 0 Å². The van der Waals surface area contributed by atoms with E-state index in [4.69, 9.17) is 5.11 Å². The number of hydrogen-bond donors (Lipinski definition) is 2. The second kappa shape index (κ2) is 5.41. The first-order valence-corrected chi connectivity index (χ1v) is 6.46. The second-order valence-corrected chi connectivity index (χ2v) is 4.63. The number of phenols is 1. The van der Waals surface area contributed by atoms with E-state index in [9.17, 15) is 5.11 Å². The Balaban J connectivity index is 2.29. The predicted octanol–water partition coefficient (Wildman–Crippen LogP) is 2.31. The lowest BCUT2D eigenvalue weighted by molar-refractivity contribution is 0.275. The zero-order valence-electron chi connectivity index (χ0n) is 10.4. The van der Waals surface area contributed by atoms with Crippen LogP contribution in [-0.4, -0.2) is 29.4 Å². The monoisotopic (exact) mass is 235 g/mol. The lowest BCUT2D eigenvalue weighted by Gasteiger charge is -2.28. The Morgan fingerprint density at radius 1 is 1.41 bits per heavy atom. The zero-order valence-corrected chi connectivity index (χ0v) is 10.4. The van der Waals surface area contributed by atoms with E-state index in [-0.39, 0.29) is 6.61 Å². The average Bonchev–Trinajstić information content (AvgIpc) is 2.77. The van der Waals surface area contributed by atoms with Gasteiger partial charge in [-0.25, -0.2) is 0 Å². The highest BCUT2D eigenvalue weighted by Crippen LogP contribution is 2.34. The molecule has 0 aliphatic carbocycles. The maximum atomic E-state index is 9.89. The standard InChI is InChI=1S/C14H21NO2/c1-2-12-13(6-3-7-14(12)17)15-9-4-5-11(15)8-10-16/h3,6-7,11,16-17H,2,4-5,8-10H2,1H3. The Bertz CT molecular complexity index is 378. The molecule has 2 N–H and O–H groups in total. The second-order valence-electron chi connectivity index (χ2n) is 4.63. The lowest BCUT2D eigenvalue weighted by Crippen LogP contribution is -2.30. The van der Waals surface area contributed by atoms with Crippen molar-refractivity contribution in [2.75, 3.05) is 18.1 Å². The van der Waals surface area contributed by atoms with Gasteiger partial charge in [0, 0.05) is 30.4 Å². The molecule has 0 spiro atoms. The molecule has 0 radical (unpaired) electrons. The van der Waals surface area contributed by atoms with Gasteiger partial charge in [0.1, 0.15) is 5.75 Å². The minimum atomic E-state index is 0.238. The van der Waals surface area contributed by atoms with Gasteiger partial charge in [-0.05, 0) is 37.8 Å². The molecular formula is C14H21NO2. The molecule has 1 heterocycles. The van der Waals surface area contributed by atoms with Crippen LogP contribution in [0.15, 0.2) is 18.2 Å². The number of aliphatic hydroxyl groups is 1.